The van der Waals surface area contributed by atoms with Gasteiger partial charge >= 0.3 is 0 Å². The molecule has 1 atom stereocenters. The maximum absolute atomic E-state index is 5.36. The van der Waals surface area contributed by atoms with E-state index in [1.807, 2.05) is 12.1 Å². The average molecular weight is 251 g/mol. The fraction of sp³-hybridized carbons (Fsp3) is 0.600. The number of methoxy groups -OCH3 is 2. The molecule has 1 rings (SSSR count). The summed E-state index contributed by atoms with van der Waals surface area (Å²) in [6.45, 7) is 4.10. The van der Waals surface area contributed by atoms with Crippen LogP contribution < -0.4 is 10.1 Å². The highest BCUT2D eigenvalue weighted by atomic mass is 16.5. The average Bonchev–Trinajstić information content (AvgIpc) is 2.39. The molecule has 3 nitrogen and oxygen atoms in total. The number of rotatable bonds is 9. The molecule has 0 aliphatic carbocycles. The summed E-state index contributed by atoms with van der Waals surface area (Å²) in [4.78, 5) is 0. The van der Waals surface area contributed by atoms with E-state index in [1.54, 1.807) is 14.2 Å². The largest absolute Gasteiger partial charge is 0.496 e. The summed E-state index contributed by atoms with van der Waals surface area (Å²) in [7, 11) is 3.47. The van der Waals surface area contributed by atoms with Gasteiger partial charge in [-0.15, -0.1) is 0 Å². The molecule has 3 heteroatoms. The third kappa shape index (κ3) is 5.52. The molecule has 0 amide bonds. The second-order valence-corrected chi connectivity index (χ2v) is 4.57. The summed E-state index contributed by atoms with van der Waals surface area (Å²) in [5, 5.41) is 3.53. The predicted octanol–water partition coefficient (Wildman–Crippen LogP) is 2.64. The summed E-state index contributed by atoms with van der Waals surface area (Å²) in [5.74, 6) is 0.977. The minimum absolute atomic E-state index is 0.462. The van der Waals surface area contributed by atoms with Crippen LogP contribution in [-0.2, 0) is 11.2 Å². The van der Waals surface area contributed by atoms with Crippen LogP contribution in [0.25, 0.3) is 0 Å². The Hall–Kier alpha value is -1.06. The van der Waals surface area contributed by atoms with Crippen molar-refractivity contribution in [2.24, 2.45) is 0 Å². The Bertz CT molecular complexity index is 328. The molecule has 0 aromatic heterocycles. The van der Waals surface area contributed by atoms with Crippen molar-refractivity contribution in [2.75, 3.05) is 27.4 Å². The first-order valence-electron chi connectivity index (χ1n) is 6.62. The van der Waals surface area contributed by atoms with Crippen LogP contribution in [0, 0.1) is 0 Å². The molecule has 0 saturated carbocycles. The molecule has 102 valence electrons. The minimum atomic E-state index is 0.462. The highest BCUT2D eigenvalue weighted by Gasteiger charge is 2.06. The first kappa shape index (κ1) is 15.0. The van der Waals surface area contributed by atoms with E-state index in [1.165, 1.54) is 5.56 Å². The first-order chi connectivity index (χ1) is 8.77. The summed E-state index contributed by atoms with van der Waals surface area (Å²) >= 11 is 0. The lowest BCUT2D eigenvalue weighted by Crippen LogP contribution is -2.29. The van der Waals surface area contributed by atoms with Gasteiger partial charge in [-0.25, -0.2) is 0 Å². The van der Waals surface area contributed by atoms with E-state index in [0.717, 1.165) is 38.2 Å². The molecule has 0 heterocycles. The molecule has 0 aliphatic rings. The molecular weight excluding hydrogens is 226 g/mol. The fourth-order valence-corrected chi connectivity index (χ4v) is 1.99. The van der Waals surface area contributed by atoms with E-state index in [2.05, 4.69) is 24.4 Å². The Morgan fingerprint density at radius 2 is 1.94 bits per heavy atom. The monoisotopic (exact) mass is 251 g/mol. The van der Waals surface area contributed by atoms with Gasteiger partial charge in [-0.05, 0) is 44.4 Å². The van der Waals surface area contributed by atoms with Gasteiger partial charge in [0.15, 0.2) is 0 Å². The molecule has 18 heavy (non-hydrogen) atoms. The number of hydrogen-bond acceptors (Lipinski definition) is 3. The van der Waals surface area contributed by atoms with Crippen LogP contribution >= 0.6 is 0 Å². The Morgan fingerprint density at radius 1 is 1.17 bits per heavy atom. The number of para-hydroxylation sites is 1. The smallest absolute Gasteiger partial charge is 0.122 e. The van der Waals surface area contributed by atoms with Crippen LogP contribution in [-0.4, -0.2) is 33.4 Å². The van der Waals surface area contributed by atoms with Crippen molar-refractivity contribution >= 4 is 0 Å². The van der Waals surface area contributed by atoms with Crippen molar-refractivity contribution in [1.82, 2.24) is 5.32 Å². The Labute approximate surface area is 110 Å². The molecule has 1 unspecified atom stereocenters. The number of benzene rings is 1. The number of nitrogens with one attached hydrogen (secondary N) is 1. The van der Waals surface area contributed by atoms with Gasteiger partial charge in [0.1, 0.15) is 5.75 Å². The van der Waals surface area contributed by atoms with Gasteiger partial charge in [0.2, 0.25) is 0 Å². The highest BCUT2D eigenvalue weighted by molar-refractivity contribution is 5.33. The normalized spacial score (nSPS) is 12.4. The van der Waals surface area contributed by atoms with Crippen molar-refractivity contribution in [3.8, 4) is 5.75 Å². The molecule has 1 aromatic carbocycles. The maximum atomic E-state index is 5.36. The molecule has 0 saturated heterocycles. The van der Waals surface area contributed by atoms with Gasteiger partial charge in [0.25, 0.3) is 0 Å². The Kier molecular flexibility index (Phi) is 7.46. The fourth-order valence-electron chi connectivity index (χ4n) is 1.99. The lowest BCUT2D eigenvalue weighted by atomic mass is 10.1. The zero-order chi connectivity index (χ0) is 13.2. The third-order valence-electron chi connectivity index (χ3n) is 2.99. The molecular formula is C15H25NO2. The Morgan fingerprint density at radius 3 is 2.67 bits per heavy atom. The number of ether oxygens (including phenoxy) is 2. The van der Waals surface area contributed by atoms with Crippen molar-refractivity contribution in [1.29, 1.82) is 0 Å². The van der Waals surface area contributed by atoms with Gasteiger partial charge in [-0.1, -0.05) is 18.2 Å². The van der Waals surface area contributed by atoms with Gasteiger partial charge in [0, 0.05) is 19.8 Å². The van der Waals surface area contributed by atoms with Gasteiger partial charge in [-0.2, -0.15) is 0 Å². The van der Waals surface area contributed by atoms with Crippen molar-refractivity contribution < 1.29 is 9.47 Å². The van der Waals surface area contributed by atoms with Crippen molar-refractivity contribution in [3.05, 3.63) is 29.8 Å². The first-order valence-corrected chi connectivity index (χ1v) is 6.62. The van der Waals surface area contributed by atoms with E-state index in [4.69, 9.17) is 9.47 Å². The zero-order valence-corrected chi connectivity index (χ0v) is 11.7. The molecule has 0 bridgehead atoms. The van der Waals surface area contributed by atoms with E-state index in [9.17, 15) is 0 Å². The number of unbranched alkanes of at least 4 members (excludes halogenated alkanes) is 1. The van der Waals surface area contributed by atoms with E-state index in [-0.39, 0.29) is 0 Å². The zero-order valence-electron chi connectivity index (χ0n) is 11.7. The summed E-state index contributed by atoms with van der Waals surface area (Å²) in [5.41, 5.74) is 1.26. The maximum Gasteiger partial charge on any atom is 0.122 e. The summed E-state index contributed by atoms with van der Waals surface area (Å²) in [6, 6.07) is 8.67. The van der Waals surface area contributed by atoms with Crippen LogP contribution in [0.15, 0.2) is 24.3 Å². The van der Waals surface area contributed by atoms with E-state index >= 15 is 0 Å². The highest BCUT2D eigenvalue weighted by Crippen LogP contribution is 2.18. The predicted molar refractivity (Wildman–Crippen MR) is 75.3 cm³/mol. The van der Waals surface area contributed by atoms with E-state index in [0.29, 0.717) is 6.04 Å². The lowest BCUT2D eigenvalue weighted by Gasteiger charge is -2.15. The van der Waals surface area contributed by atoms with Crippen LogP contribution in [0.3, 0.4) is 0 Å². The molecule has 1 aromatic rings. The third-order valence-corrected chi connectivity index (χ3v) is 2.99. The quantitative estimate of drug-likeness (QED) is 0.684. The van der Waals surface area contributed by atoms with Gasteiger partial charge < -0.3 is 14.8 Å². The SMILES string of the molecule is COCCCCNC(C)Cc1ccccc1OC. The van der Waals surface area contributed by atoms with Crippen molar-refractivity contribution in [2.45, 2.75) is 32.2 Å². The second kappa shape index (κ2) is 8.95. The Balaban J connectivity index is 2.28. The molecule has 1 N–H and O–H groups in total. The second-order valence-electron chi connectivity index (χ2n) is 4.57. The van der Waals surface area contributed by atoms with Gasteiger partial charge in [0.05, 0.1) is 7.11 Å². The summed E-state index contributed by atoms with van der Waals surface area (Å²) in [6.07, 6.45) is 3.27. The molecule has 0 spiro atoms. The van der Waals surface area contributed by atoms with Crippen LogP contribution in [0.2, 0.25) is 0 Å². The topological polar surface area (TPSA) is 30.5 Å². The van der Waals surface area contributed by atoms with E-state index < -0.39 is 0 Å². The molecule has 0 aliphatic heterocycles. The minimum Gasteiger partial charge on any atom is -0.496 e. The van der Waals surface area contributed by atoms with Crippen molar-refractivity contribution in [3.63, 3.8) is 0 Å². The van der Waals surface area contributed by atoms with Crippen LogP contribution in [0.5, 0.6) is 5.75 Å². The summed E-state index contributed by atoms with van der Waals surface area (Å²) < 4.78 is 10.4. The molecule has 0 radical (unpaired) electrons. The molecule has 0 fully saturated rings. The van der Waals surface area contributed by atoms with Crippen LogP contribution in [0.1, 0.15) is 25.3 Å². The standard InChI is InChI=1S/C15H25NO2/c1-13(16-10-6-7-11-17-2)12-14-8-4-5-9-15(14)18-3/h4-5,8-9,13,16H,6-7,10-12H2,1-3H3. The van der Waals surface area contributed by atoms with Crippen LogP contribution in [0.4, 0.5) is 0 Å². The van der Waals surface area contributed by atoms with Gasteiger partial charge in [-0.3, -0.25) is 0 Å². The lowest BCUT2D eigenvalue weighted by molar-refractivity contribution is 0.192. The number of hydrogen-bond donors (Lipinski definition) is 1.